The molecule has 0 bridgehead atoms. The van der Waals surface area contributed by atoms with E-state index in [2.05, 4.69) is 4.98 Å². The molecule has 82 valence electrons. The number of rotatable bonds is 5. The molecule has 0 saturated carbocycles. The van der Waals surface area contributed by atoms with Gasteiger partial charge in [-0.15, -0.1) is 0 Å². The number of carbonyl (C=O) groups excluding carboxylic acids is 1. The minimum Gasteiger partial charge on any atom is -0.383 e. The van der Waals surface area contributed by atoms with Gasteiger partial charge in [-0.25, -0.2) is 4.98 Å². The van der Waals surface area contributed by atoms with Crippen molar-refractivity contribution in [1.82, 2.24) is 4.98 Å². The van der Waals surface area contributed by atoms with Crippen LogP contribution in [0.4, 0.5) is 5.82 Å². The lowest BCUT2D eigenvalue weighted by Gasteiger charge is -2.05. The third-order valence-corrected chi connectivity index (χ3v) is 2.19. The summed E-state index contributed by atoms with van der Waals surface area (Å²) in [4.78, 5) is 15.5. The molecule has 0 fully saturated rings. The standard InChI is InChI=1S/C11H17N3O/c1-8(12)4-5-10(15)7-9-3-2-6-14-11(9)13/h2-3,6,8H,4-5,7,12H2,1H3,(H2,13,14). The molecule has 0 amide bonds. The molecule has 0 aliphatic rings. The summed E-state index contributed by atoms with van der Waals surface area (Å²) in [6.07, 6.45) is 3.20. The van der Waals surface area contributed by atoms with E-state index in [0.717, 1.165) is 12.0 Å². The number of nitrogens with two attached hydrogens (primary N) is 2. The van der Waals surface area contributed by atoms with Crippen LogP contribution in [0.15, 0.2) is 18.3 Å². The third-order valence-electron chi connectivity index (χ3n) is 2.19. The lowest BCUT2D eigenvalue weighted by molar-refractivity contribution is -0.118. The van der Waals surface area contributed by atoms with Gasteiger partial charge >= 0.3 is 0 Å². The van der Waals surface area contributed by atoms with Gasteiger partial charge in [0.25, 0.3) is 0 Å². The van der Waals surface area contributed by atoms with Crippen LogP contribution in [0.2, 0.25) is 0 Å². The molecule has 0 aliphatic heterocycles. The molecular weight excluding hydrogens is 190 g/mol. The van der Waals surface area contributed by atoms with Crippen molar-refractivity contribution in [1.29, 1.82) is 0 Å². The highest BCUT2D eigenvalue weighted by molar-refractivity contribution is 5.81. The summed E-state index contributed by atoms with van der Waals surface area (Å²) in [7, 11) is 0. The van der Waals surface area contributed by atoms with Crippen LogP contribution in [-0.2, 0) is 11.2 Å². The highest BCUT2D eigenvalue weighted by Gasteiger charge is 2.07. The molecule has 0 saturated heterocycles. The number of aromatic nitrogens is 1. The molecule has 1 heterocycles. The smallest absolute Gasteiger partial charge is 0.137 e. The van der Waals surface area contributed by atoms with Crippen LogP contribution in [0.5, 0.6) is 0 Å². The van der Waals surface area contributed by atoms with Gasteiger partial charge in [0.2, 0.25) is 0 Å². The summed E-state index contributed by atoms with van der Waals surface area (Å²) in [6, 6.07) is 3.68. The molecule has 15 heavy (non-hydrogen) atoms. The topological polar surface area (TPSA) is 82.0 Å². The van der Waals surface area contributed by atoms with Gasteiger partial charge in [-0.05, 0) is 19.4 Å². The zero-order valence-electron chi connectivity index (χ0n) is 8.94. The van der Waals surface area contributed by atoms with Crippen molar-refractivity contribution in [3.63, 3.8) is 0 Å². The zero-order valence-corrected chi connectivity index (χ0v) is 8.94. The number of carbonyl (C=O) groups is 1. The van der Waals surface area contributed by atoms with Gasteiger partial charge in [-0.2, -0.15) is 0 Å². The number of nitrogen functional groups attached to an aromatic ring is 1. The Hall–Kier alpha value is -1.42. The molecule has 4 N–H and O–H groups in total. The van der Waals surface area contributed by atoms with Gasteiger partial charge in [0.15, 0.2) is 0 Å². The van der Waals surface area contributed by atoms with E-state index in [1.165, 1.54) is 0 Å². The van der Waals surface area contributed by atoms with Gasteiger partial charge in [-0.3, -0.25) is 4.79 Å². The molecule has 0 aromatic carbocycles. The van der Waals surface area contributed by atoms with Crippen LogP contribution < -0.4 is 11.5 Å². The zero-order chi connectivity index (χ0) is 11.3. The quantitative estimate of drug-likeness (QED) is 0.751. The Kier molecular flexibility index (Phi) is 4.24. The van der Waals surface area contributed by atoms with Crippen molar-refractivity contribution in [2.24, 2.45) is 5.73 Å². The van der Waals surface area contributed by atoms with Crippen LogP contribution in [-0.4, -0.2) is 16.8 Å². The molecular formula is C11H17N3O. The van der Waals surface area contributed by atoms with Crippen LogP contribution in [0.3, 0.4) is 0 Å². The van der Waals surface area contributed by atoms with Crippen molar-refractivity contribution in [2.45, 2.75) is 32.2 Å². The SMILES string of the molecule is CC(N)CCC(=O)Cc1cccnc1N. The van der Waals surface area contributed by atoms with Crippen LogP contribution in [0, 0.1) is 0 Å². The summed E-state index contributed by atoms with van der Waals surface area (Å²) >= 11 is 0. The van der Waals surface area contributed by atoms with E-state index in [0.29, 0.717) is 18.7 Å². The van der Waals surface area contributed by atoms with Crippen molar-refractivity contribution in [2.75, 3.05) is 5.73 Å². The van der Waals surface area contributed by atoms with Crippen LogP contribution in [0.1, 0.15) is 25.3 Å². The lowest BCUT2D eigenvalue weighted by Crippen LogP contribution is -2.17. The highest BCUT2D eigenvalue weighted by Crippen LogP contribution is 2.09. The minimum absolute atomic E-state index is 0.0696. The molecule has 0 aliphatic carbocycles. The molecule has 0 radical (unpaired) electrons. The highest BCUT2D eigenvalue weighted by atomic mass is 16.1. The van der Waals surface area contributed by atoms with Gasteiger partial charge in [-0.1, -0.05) is 6.07 Å². The fraction of sp³-hybridized carbons (Fsp3) is 0.455. The molecule has 4 heteroatoms. The van der Waals surface area contributed by atoms with E-state index in [1.807, 2.05) is 13.0 Å². The van der Waals surface area contributed by atoms with Crippen molar-refractivity contribution >= 4 is 11.6 Å². The number of hydrogen-bond donors (Lipinski definition) is 2. The molecule has 0 spiro atoms. The number of anilines is 1. The first kappa shape index (κ1) is 11.7. The normalized spacial score (nSPS) is 12.4. The summed E-state index contributed by atoms with van der Waals surface area (Å²) in [6.45, 7) is 1.89. The first-order chi connectivity index (χ1) is 7.09. The second-order valence-electron chi connectivity index (χ2n) is 3.78. The van der Waals surface area contributed by atoms with E-state index < -0.39 is 0 Å². The van der Waals surface area contributed by atoms with Crippen molar-refractivity contribution < 1.29 is 4.79 Å². The fourth-order valence-electron chi connectivity index (χ4n) is 1.29. The van der Waals surface area contributed by atoms with Gasteiger partial charge in [0.05, 0.1) is 0 Å². The Labute approximate surface area is 89.7 Å². The largest absolute Gasteiger partial charge is 0.383 e. The first-order valence-corrected chi connectivity index (χ1v) is 5.06. The van der Waals surface area contributed by atoms with E-state index >= 15 is 0 Å². The average molecular weight is 207 g/mol. The van der Waals surface area contributed by atoms with E-state index in [9.17, 15) is 4.79 Å². The van der Waals surface area contributed by atoms with E-state index in [1.54, 1.807) is 12.3 Å². The molecule has 1 aromatic rings. The van der Waals surface area contributed by atoms with Crippen LogP contribution >= 0.6 is 0 Å². The number of pyridine rings is 1. The maximum Gasteiger partial charge on any atom is 0.137 e. The molecule has 1 rings (SSSR count). The Balaban J connectivity index is 2.48. The Bertz CT molecular complexity index is 336. The maximum atomic E-state index is 11.5. The van der Waals surface area contributed by atoms with Gasteiger partial charge in [0.1, 0.15) is 11.6 Å². The van der Waals surface area contributed by atoms with Crippen LogP contribution in [0.25, 0.3) is 0 Å². The first-order valence-electron chi connectivity index (χ1n) is 5.06. The lowest BCUT2D eigenvalue weighted by atomic mass is 10.0. The predicted molar refractivity (Wildman–Crippen MR) is 60.2 cm³/mol. The summed E-state index contributed by atoms with van der Waals surface area (Å²) in [5.41, 5.74) is 12.0. The second kappa shape index (κ2) is 5.46. The maximum absolute atomic E-state index is 11.5. The average Bonchev–Trinajstić information content (AvgIpc) is 2.18. The molecule has 1 unspecified atom stereocenters. The van der Waals surface area contributed by atoms with E-state index in [4.69, 9.17) is 11.5 Å². The Morgan fingerprint density at radius 2 is 2.33 bits per heavy atom. The monoisotopic (exact) mass is 207 g/mol. The number of Topliss-reactive ketones (excluding diaryl/α,β-unsaturated/α-hetero) is 1. The Morgan fingerprint density at radius 3 is 2.93 bits per heavy atom. The second-order valence-corrected chi connectivity index (χ2v) is 3.78. The van der Waals surface area contributed by atoms with Crippen molar-refractivity contribution in [3.05, 3.63) is 23.9 Å². The predicted octanol–water partition coefficient (Wildman–Crippen LogP) is 0.903. The third kappa shape index (κ3) is 4.08. The van der Waals surface area contributed by atoms with Gasteiger partial charge < -0.3 is 11.5 Å². The summed E-state index contributed by atoms with van der Waals surface area (Å²) in [5, 5.41) is 0. The van der Waals surface area contributed by atoms with E-state index in [-0.39, 0.29) is 11.8 Å². The molecule has 4 nitrogen and oxygen atoms in total. The van der Waals surface area contributed by atoms with Gasteiger partial charge in [0, 0.05) is 30.6 Å². The molecule has 1 atom stereocenters. The van der Waals surface area contributed by atoms with Crippen molar-refractivity contribution in [3.8, 4) is 0 Å². The number of nitrogens with zero attached hydrogens (tertiary/aromatic N) is 1. The Morgan fingerprint density at radius 1 is 1.60 bits per heavy atom. The number of hydrogen-bond acceptors (Lipinski definition) is 4. The summed E-state index contributed by atoms with van der Waals surface area (Å²) in [5.74, 6) is 0.596. The fourth-order valence-corrected chi connectivity index (χ4v) is 1.29. The molecule has 1 aromatic heterocycles. The number of ketones is 1. The minimum atomic E-state index is 0.0696. The summed E-state index contributed by atoms with van der Waals surface area (Å²) < 4.78 is 0.